The lowest BCUT2D eigenvalue weighted by atomic mass is 10.1. The number of hydrogen-bond acceptors (Lipinski definition) is 2. The Bertz CT molecular complexity index is 107. The van der Waals surface area contributed by atoms with Crippen LogP contribution in [0, 0.1) is 0 Å². The van der Waals surface area contributed by atoms with Gasteiger partial charge in [0.1, 0.15) is 0 Å². The summed E-state index contributed by atoms with van der Waals surface area (Å²) in [5, 5.41) is 0. The van der Waals surface area contributed by atoms with Crippen LogP contribution in [0.5, 0.6) is 0 Å². The molecule has 0 fully saturated rings. The van der Waals surface area contributed by atoms with Gasteiger partial charge in [-0.05, 0) is 62.7 Å². The average Bonchev–Trinajstić information content (AvgIpc) is 1.47. The summed E-state index contributed by atoms with van der Waals surface area (Å²) in [4.78, 5) is 2.00. The molecule has 0 saturated carbocycles. The Hall–Kier alpha value is 0.210. The first kappa shape index (κ1) is 19.7. The predicted octanol–water partition coefficient (Wildman–Crippen LogP) is 3.20. The lowest BCUT2D eigenvalue weighted by Gasteiger charge is -2.30. The van der Waals surface area contributed by atoms with Crippen LogP contribution in [0.1, 0.15) is 41.5 Å². The minimum absolute atomic E-state index is 0. The van der Waals surface area contributed by atoms with E-state index in [-0.39, 0.29) is 23.6 Å². The molecule has 0 N–H and O–H groups in total. The van der Waals surface area contributed by atoms with Crippen LogP contribution in [0.25, 0.3) is 0 Å². The zero-order valence-electron chi connectivity index (χ0n) is 11.3. The molecule has 0 aromatic carbocycles. The van der Waals surface area contributed by atoms with E-state index in [2.05, 4.69) is 41.5 Å². The van der Waals surface area contributed by atoms with Gasteiger partial charge in [0.15, 0.2) is 0 Å². The second-order valence-corrected chi connectivity index (χ2v) is 5.67. The zero-order valence-corrected chi connectivity index (χ0v) is 12.1. The summed E-state index contributed by atoms with van der Waals surface area (Å²) in [5.41, 5.74) is -0.0312. The predicted molar refractivity (Wildman–Crippen MR) is 67.5 cm³/mol. The summed E-state index contributed by atoms with van der Waals surface area (Å²) in [7, 11) is 6.00. The van der Waals surface area contributed by atoms with Crippen LogP contribution in [0.3, 0.4) is 0 Å². The van der Waals surface area contributed by atoms with Gasteiger partial charge in [0.05, 0.1) is 11.2 Å². The maximum Gasteiger partial charge on any atom is 0.0605 e. The summed E-state index contributed by atoms with van der Waals surface area (Å²) in [6, 6.07) is 0. The maximum atomic E-state index is 5.62. The fourth-order valence-electron chi connectivity index (χ4n) is 0.919. The van der Waals surface area contributed by atoms with Crippen molar-refractivity contribution < 1.29 is 4.74 Å². The number of nitrogens with zero attached hydrogens (tertiary/aromatic N) is 1. The Morgan fingerprint density at radius 2 is 0.857 bits per heavy atom. The van der Waals surface area contributed by atoms with Gasteiger partial charge in [-0.3, -0.25) is 0 Å². The van der Waals surface area contributed by atoms with E-state index in [0.717, 1.165) is 0 Å². The van der Waals surface area contributed by atoms with Crippen molar-refractivity contribution in [3.05, 3.63) is 0 Å². The minimum Gasteiger partial charge on any atom is -0.370 e. The number of ether oxygens (including phenoxy) is 1. The molecule has 0 atom stereocenters. The van der Waals surface area contributed by atoms with Crippen molar-refractivity contribution in [2.75, 3.05) is 21.1 Å². The van der Waals surface area contributed by atoms with Crippen LogP contribution in [0.4, 0.5) is 0 Å². The summed E-state index contributed by atoms with van der Waals surface area (Å²) in [6.45, 7) is 12.4. The van der Waals surface area contributed by atoms with Crippen LogP contribution in [-0.4, -0.2) is 37.2 Å². The van der Waals surface area contributed by atoms with Gasteiger partial charge >= 0.3 is 0 Å². The van der Waals surface area contributed by atoms with Gasteiger partial charge in [-0.1, -0.05) is 0 Å². The molecule has 2 nitrogen and oxygen atoms in total. The SMILES string of the molecule is CC(C)(C)OC(C)(C)C.CN(C)C.Cl. The lowest BCUT2D eigenvalue weighted by molar-refractivity contribution is -0.102. The van der Waals surface area contributed by atoms with Crippen LogP contribution in [-0.2, 0) is 4.74 Å². The molecule has 0 aromatic heterocycles. The molecule has 0 unspecified atom stereocenters. The highest BCUT2D eigenvalue weighted by molar-refractivity contribution is 5.85. The van der Waals surface area contributed by atoms with Gasteiger partial charge < -0.3 is 9.64 Å². The van der Waals surface area contributed by atoms with Crippen molar-refractivity contribution in [1.82, 2.24) is 4.90 Å². The van der Waals surface area contributed by atoms with Gasteiger partial charge in [0, 0.05) is 0 Å². The highest BCUT2D eigenvalue weighted by atomic mass is 35.5. The van der Waals surface area contributed by atoms with E-state index >= 15 is 0 Å². The molecule has 0 amide bonds. The van der Waals surface area contributed by atoms with Crippen LogP contribution in [0.15, 0.2) is 0 Å². The molecule has 90 valence electrons. The van der Waals surface area contributed by atoms with Crippen LogP contribution < -0.4 is 0 Å². The summed E-state index contributed by atoms with van der Waals surface area (Å²) in [6.07, 6.45) is 0. The quantitative estimate of drug-likeness (QED) is 0.628. The van der Waals surface area contributed by atoms with E-state index in [1.165, 1.54) is 0 Å². The summed E-state index contributed by atoms with van der Waals surface area (Å²) in [5.74, 6) is 0. The monoisotopic (exact) mass is 225 g/mol. The fourth-order valence-corrected chi connectivity index (χ4v) is 0.919. The molecule has 0 saturated heterocycles. The molecule has 0 spiro atoms. The van der Waals surface area contributed by atoms with Gasteiger partial charge in [0.2, 0.25) is 0 Å². The normalized spacial score (nSPS) is 11.6. The average molecular weight is 226 g/mol. The van der Waals surface area contributed by atoms with Gasteiger partial charge in [-0.2, -0.15) is 0 Å². The lowest BCUT2D eigenvalue weighted by Crippen LogP contribution is -2.31. The Balaban J connectivity index is -0.000000209. The highest BCUT2D eigenvalue weighted by Gasteiger charge is 2.19. The second kappa shape index (κ2) is 7.49. The summed E-state index contributed by atoms with van der Waals surface area (Å²) >= 11 is 0. The van der Waals surface area contributed by atoms with Crippen molar-refractivity contribution in [3.63, 3.8) is 0 Å². The van der Waals surface area contributed by atoms with E-state index in [4.69, 9.17) is 4.74 Å². The first-order chi connectivity index (χ1) is 5.44. The van der Waals surface area contributed by atoms with Gasteiger partial charge in [-0.25, -0.2) is 0 Å². The Morgan fingerprint density at radius 1 is 0.714 bits per heavy atom. The van der Waals surface area contributed by atoms with Gasteiger partial charge in [0.25, 0.3) is 0 Å². The zero-order chi connectivity index (χ0) is 11.3. The number of halogens is 1. The van der Waals surface area contributed by atoms with Gasteiger partial charge in [-0.15, -0.1) is 12.4 Å². The first-order valence-corrected chi connectivity index (χ1v) is 4.75. The van der Waals surface area contributed by atoms with Crippen molar-refractivity contribution in [3.8, 4) is 0 Å². The second-order valence-electron chi connectivity index (χ2n) is 5.67. The minimum atomic E-state index is -0.0156. The largest absolute Gasteiger partial charge is 0.370 e. The molecule has 14 heavy (non-hydrogen) atoms. The van der Waals surface area contributed by atoms with Crippen molar-refractivity contribution in [1.29, 1.82) is 0 Å². The van der Waals surface area contributed by atoms with Crippen molar-refractivity contribution in [2.45, 2.75) is 52.7 Å². The Kier molecular flexibility index (Phi) is 10.6. The molecule has 0 aliphatic rings. The van der Waals surface area contributed by atoms with E-state index < -0.39 is 0 Å². The molecular formula is C11H28ClNO. The fraction of sp³-hybridized carbons (Fsp3) is 1.00. The molecular weight excluding hydrogens is 198 g/mol. The summed E-state index contributed by atoms with van der Waals surface area (Å²) < 4.78 is 5.62. The first-order valence-electron chi connectivity index (χ1n) is 4.75. The van der Waals surface area contributed by atoms with E-state index in [1.54, 1.807) is 0 Å². The highest BCUT2D eigenvalue weighted by Crippen LogP contribution is 2.17. The smallest absolute Gasteiger partial charge is 0.0605 e. The van der Waals surface area contributed by atoms with E-state index in [1.807, 2.05) is 26.0 Å². The number of rotatable bonds is 0. The maximum absolute atomic E-state index is 5.62. The van der Waals surface area contributed by atoms with Crippen molar-refractivity contribution >= 4 is 12.4 Å². The molecule has 3 heteroatoms. The topological polar surface area (TPSA) is 12.5 Å². The molecule has 0 radical (unpaired) electrons. The molecule has 0 aliphatic carbocycles. The number of hydrogen-bond donors (Lipinski definition) is 0. The molecule has 0 bridgehead atoms. The Morgan fingerprint density at radius 3 is 0.857 bits per heavy atom. The molecule has 0 aliphatic heterocycles. The molecule has 0 heterocycles. The van der Waals surface area contributed by atoms with Crippen LogP contribution >= 0.6 is 12.4 Å². The van der Waals surface area contributed by atoms with Crippen LogP contribution in [0.2, 0.25) is 0 Å². The van der Waals surface area contributed by atoms with E-state index in [9.17, 15) is 0 Å². The standard InChI is InChI=1S/C8H18O.C3H9N.ClH/c1-7(2,3)9-8(4,5)6;1-4(2)3;/h1-6H3;1-3H3;1H. The molecule has 0 aromatic rings. The third kappa shape index (κ3) is 39.8. The third-order valence-corrected chi connectivity index (χ3v) is 0.612. The third-order valence-electron chi connectivity index (χ3n) is 0.612. The van der Waals surface area contributed by atoms with Crippen molar-refractivity contribution in [2.24, 2.45) is 0 Å². The Labute approximate surface area is 96.4 Å². The molecule has 0 rings (SSSR count). The van der Waals surface area contributed by atoms with E-state index in [0.29, 0.717) is 0 Å².